The molecule has 3 aliphatic rings. The van der Waals surface area contributed by atoms with Crippen molar-refractivity contribution in [2.75, 3.05) is 13.2 Å². The molecule has 5 aromatic rings. The summed E-state index contributed by atoms with van der Waals surface area (Å²) >= 11 is 0. The highest BCUT2D eigenvalue weighted by Crippen LogP contribution is 2.38. The molecule has 3 fully saturated rings. The van der Waals surface area contributed by atoms with E-state index in [0.717, 1.165) is 41.7 Å². The molecule has 1 amide bonds. The van der Waals surface area contributed by atoms with Crippen molar-refractivity contribution >= 4 is 23.8 Å². The monoisotopic (exact) mass is 1110 g/mol. The highest BCUT2D eigenvalue weighted by atomic mass is 16.8. The molecule has 3 aliphatic heterocycles. The lowest BCUT2D eigenvalue weighted by Gasteiger charge is -2.51. The molecule has 428 valence electrons. The molecule has 8 rings (SSSR count). The van der Waals surface area contributed by atoms with Crippen molar-refractivity contribution in [3.05, 3.63) is 179 Å². The number of benzene rings is 5. The first-order chi connectivity index (χ1) is 38.8. The van der Waals surface area contributed by atoms with Crippen LogP contribution in [0.2, 0.25) is 0 Å². The molecule has 19 nitrogen and oxygen atoms in total. The molecule has 19 heteroatoms. The Labute approximate surface area is 465 Å². The van der Waals surface area contributed by atoms with Gasteiger partial charge in [-0.15, -0.1) is 0 Å². The zero-order chi connectivity index (χ0) is 56.4. The molecule has 0 bridgehead atoms. The fourth-order valence-corrected chi connectivity index (χ4v) is 9.89. The van der Waals surface area contributed by atoms with Crippen LogP contribution in [0.3, 0.4) is 0 Å². The summed E-state index contributed by atoms with van der Waals surface area (Å²) in [5.41, 5.74) is 4.25. The minimum atomic E-state index is -1.76. The lowest BCUT2D eigenvalue weighted by Crippen LogP contribution is -2.70. The lowest BCUT2D eigenvalue weighted by molar-refractivity contribution is -0.377. The van der Waals surface area contributed by atoms with E-state index in [4.69, 9.17) is 61.6 Å². The van der Waals surface area contributed by atoms with E-state index in [1.165, 1.54) is 13.8 Å². The number of carbonyl (C=O) groups is 4. The second-order valence-corrected chi connectivity index (χ2v) is 19.8. The second-order valence-electron chi connectivity index (χ2n) is 19.8. The second kappa shape index (κ2) is 29.8. The summed E-state index contributed by atoms with van der Waals surface area (Å²) in [4.78, 5) is 52.3. The molecule has 5 aromatic carbocycles. The van der Waals surface area contributed by atoms with Crippen LogP contribution < -0.4 is 5.32 Å². The Hall–Kier alpha value is -6.46. The lowest BCUT2D eigenvalue weighted by atomic mass is 9.94. The number of ether oxygens (including phenoxy) is 13. The summed E-state index contributed by atoms with van der Waals surface area (Å²) in [7, 11) is 0. The van der Waals surface area contributed by atoms with E-state index >= 15 is 0 Å². The zero-order valence-electron chi connectivity index (χ0n) is 45.4. The normalized spacial score (nSPS) is 28.5. The van der Waals surface area contributed by atoms with Crippen LogP contribution in [0.1, 0.15) is 62.4 Å². The average Bonchev–Trinajstić information content (AvgIpc) is 3.45. The first kappa shape index (κ1) is 59.7. The van der Waals surface area contributed by atoms with E-state index < -0.39 is 116 Å². The summed E-state index contributed by atoms with van der Waals surface area (Å²) in [6, 6.07) is 46.0. The summed E-state index contributed by atoms with van der Waals surface area (Å²) in [5.74, 6) is -2.97. The van der Waals surface area contributed by atoms with Crippen LogP contribution in [0, 0.1) is 0 Å². The van der Waals surface area contributed by atoms with Crippen molar-refractivity contribution < 1.29 is 85.9 Å². The van der Waals surface area contributed by atoms with E-state index in [2.05, 4.69) is 5.32 Å². The van der Waals surface area contributed by atoms with Crippen LogP contribution in [-0.4, -0.2) is 134 Å². The van der Waals surface area contributed by atoms with Crippen molar-refractivity contribution in [3.8, 4) is 0 Å². The number of hydrogen-bond acceptors (Lipinski definition) is 18. The van der Waals surface area contributed by atoms with Gasteiger partial charge in [0.2, 0.25) is 5.91 Å². The first-order valence-electron chi connectivity index (χ1n) is 26.7. The van der Waals surface area contributed by atoms with E-state index in [0.29, 0.717) is 0 Å². The number of amides is 1. The number of aliphatic hydroxyl groups excluding tert-OH is 1. The summed E-state index contributed by atoms with van der Waals surface area (Å²) in [5, 5.41) is 14.9. The van der Waals surface area contributed by atoms with Gasteiger partial charge in [0, 0.05) is 27.7 Å². The molecule has 0 aliphatic carbocycles. The molecule has 0 radical (unpaired) electrons. The molecule has 3 saturated heterocycles. The van der Waals surface area contributed by atoms with Crippen molar-refractivity contribution in [3.63, 3.8) is 0 Å². The van der Waals surface area contributed by atoms with Gasteiger partial charge in [-0.05, 0) is 34.7 Å². The third kappa shape index (κ3) is 17.0. The minimum Gasteiger partial charge on any atom is -0.456 e. The van der Waals surface area contributed by atoms with E-state index in [1.54, 1.807) is 0 Å². The van der Waals surface area contributed by atoms with Gasteiger partial charge >= 0.3 is 17.9 Å². The van der Waals surface area contributed by atoms with Gasteiger partial charge < -0.3 is 72.0 Å². The summed E-state index contributed by atoms with van der Waals surface area (Å²) < 4.78 is 84.6. The SMILES string of the molecule is CC(=O)N[C@@H]1[C@@H](O[C@@H]2O[C@@H](C)[C@@H](OCc3ccccc3)[C@@H](OCc3ccccc3)[C@@H]2OCc2ccccc2)[C@H](O[C@@H]2O[C@H](COCc3ccccc3)[C@H](OC(C)=O)[C@H](OC(C)=O)[C@H]2OC(C)=O)[C@@H](COCc2ccccc2)O[C@H]1O. The molecule has 15 atom stereocenters. The van der Waals surface area contributed by atoms with Gasteiger partial charge in [-0.1, -0.05) is 152 Å². The minimum absolute atomic E-state index is 0.0653. The number of hydrogen-bond donors (Lipinski definition) is 2. The first-order valence-corrected chi connectivity index (χ1v) is 26.7. The molecule has 2 N–H and O–H groups in total. The fraction of sp³-hybridized carbons (Fsp3) is 0.443. The fourth-order valence-electron chi connectivity index (χ4n) is 9.89. The smallest absolute Gasteiger partial charge is 0.303 e. The van der Waals surface area contributed by atoms with Crippen LogP contribution in [0.5, 0.6) is 0 Å². The Morgan fingerprint density at radius 2 is 0.800 bits per heavy atom. The molecule has 0 unspecified atom stereocenters. The van der Waals surface area contributed by atoms with Crippen molar-refractivity contribution in [2.45, 2.75) is 160 Å². The van der Waals surface area contributed by atoms with E-state index in [1.807, 2.05) is 159 Å². The van der Waals surface area contributed by atoms with Crippen LogP contribution in [0.25, 0.3) is 0 Å². The van der Waals surface area contributed by atoms with Gasteiger partial charge in [-0.2, -0.15) is 0 Å². The standard InChI is InChI=1S/C61H71NO18/c1-38-51(70-33-45-25-15-8-16-26-45)55(71-34-46-27-17-9-18-28-46)57(72-35-47-29-19-10-20-30-47)60(73-38)80-54-50(62-39(2)63)59(67)77-48(36-68-31-43-21-11-6-12-22-43)52(54)79-61-58(76-42(5)66)56(75-41(4)65)53(74-40(3)64)49(78-61)37-69-32-44-23-13-7-14-24-44/h6-30,38,48-61,67H,31-37H2,1-5H3,(H,62,63)/t38-,48+,49+,50+,51+,52+,53-,54+,55+,56-,57-,58+,59+,60-,61-/m0/s1. The Kier molecular flexibility index (Phi) is 22.3. The molecule has 0 spiro atoms. The Balaban J connectivity index is 1.21. The molecular weight excluding hydrogens is 1030 g/mol. The van der Waals surface area contributed by atoms with Gasteiger partial charge in [0.1, 0.15) is 48.8 Å². The van der Waals surface area contributed by atoms with Gasteiger partial charge in [0.25, 0.3) is 0 Å². The number of aliphatic hydroxyl groups is 1. The van der Waals surface area contributed by atoms with Gasteiger partial charge in [0.15, 0.2) is 37.2 Å². The predicted octanol–water partition coefficient (Wildman–Crippen LogP) is 6.43. The predicted molar refractivity (Wildman–Crippen MR) is 285 cm³/mol. The van der Waals surface area contributed by atoms with Gasteiger partial charge in [-0.25, -0.2) is 0 Å². The summed E-state index contributed by atoms with van der Waals surface area (Å²) in [6.07, 6.45) is -18.3. The Morgan fingerprint density at radius 3 is 1.25 bits per heavy atom. The number of rotatable bonds is 25. The van der Waals surface area contributed by atoms with Crippen LogP contribution in [0.15, 0.2) is 152 Å². The average molecular weight is 1110 g/mol. The quantitative estimate of drug-likeness (QED) is 0.0475. The van der Waals surface area contributed by atoms with E-state index in [9.17, 15) is 24.3 Å². The Morgan fingerprint density at radius 1 is 0.425 bits per heavy atom. The number of esters is 3. The van der Waals surface area contributed by atoms with Crippen molar-refractivity contribution in [1.29, 1.82) is 0 Å². The highest BCUT2D eigenvalue weighted by molar-refractivity contribution is 5.73. The molecule has 80 heavy (non-hydrogen) atoms. The van der Waals surface area contributed by atoms with Crippen LogP contribution >= 0.6 is 0 Å². The van der Waals surface area contributed by atoms with Crippen molar-refractivity contribution in [1.82, 2.24) is 5.32 Å². The Bertz CT molecular complexity index is 2670. The topological polar surface area (TPSA) is 221 Å². The number of nitrogens with one attached hydrogen (secondary N) is 1. The zero-order valence-corrected chi connectivity index (χ0v) is 45.4. The third-order valence-electron chi connectivity index (χ3n) is 13.5. The largest absolute Gasteiger partial charge is 0.456 e. The van der Waals surface area contributed by atoms with Crippen molar-refractivity contribution in [2.24, 2.45) is 0 Å². The number of carbonyl (C=O) groups excluding carboxylic acids is 4. The van der Waals surface area contributed by atoms with Gasteiger partial charge in [0.05, 0.1) is 52.4 Å². The maximum absolute atomic E-state index is 13.3. The molecular formula is C61H71NO18. The van der Waals surface area contributed by atoms with E-state index in [-0.39, 0.29) is 46.2 Å². The third-order valence-corrected chi connectivity index (χ3v) is 13.5. The maximum Gasteiger partial charge on any atom is 0.303 e. The van der Waals surface area contributed by atoms with Crippen LogP contribution in [-0.2, 0) is 114 Å². The maximum atomic E-state index is 13.3. The summed E-state index contributed by atoms with van der Waals surface area (Å²) in [6.45, 7) is 6.66. The highest BCUT2D eigenvalue weighted by Gasteiger charge is 2.58. The molecule has 0 saturated carbocycles. The molecule has 3 heterocycles. The van der Waals surface area contributed by atoms with Gasteiger partial charge in [-0.3, -0.25) is 19.2 Å². The van der Waals surface area contributed by atoms with Crippen LogP contribution in [0.4, 0.5) is 0 Å². The molecule has 0 aromatic heterocycles.